The molecule has 1 aromatic carbocycles. The van der Waals surface area contributed by atoms with Crippen LogP contribution in [-0.4, -0.2) is 7.11 Å². The number of anilines is 1. The fraction of sp³-hybridized carbons (Fsp3) is 0.333. The van der Waals surface area contributed by atoms with Crippen LogP contribution in [0.4, 0.5) is 5.69 Å². The van der Waals surface area contributed by atoms with Crippen molar-refractivity contribution in [3.8, 4) is 5.75 Å². The molecule has 0 amide bonds. The molecule has 0 unspecified atom stereocenters. The van der Waals surface area contributed by atoms with Crippen molar-refractivity contribution in [1.82, 2.24) is 0 Å². The highest BCUT2D eigenvalue weighted by Gasteiger charge is 2.04. The summed E-state index contributed by atoms with van der Waals surface area (Å²) in [6.07, 6.45) is 0. The van der Waals surface area contributed by atoms with Gasteiger partial charge in [0.25, 0.3) is 0 Å². The van der Waals surface area contributed by atoms with Gasteiger partial charge in [0.1, 0.15) is 5.75 Å². The molecule has 1 aromatic rings. The maximum atomic E-state index is 5.33. The second kappa shape index (κ2) is 3.45. The van der Waals surface area contributed by atoms with Crippen LogP contribution in [0.3, 0.4) is 0 Å². The van der Waals surface area contributed by atoms with E-state index in [0.717, 1.165) is 17.0 Å². The maximum absolute atomic E-state index is 5.33. The van der Waals surface area contributed by atoms with E-state index in [1.54, 1.807) is 7.11 Å². The van der Waals surface area contributed by atoms with Gasteiger partial charge < -0.3 is 10.2 Å². The van der Waals surface area contributed by atoms with Crippen molar-refractivity contribution in [2.75, 3.05) is 12.5 Å². The topological polar surface area (TPSA) is 47.3 Å². The van der Waals surface area contributed by atoms with Crippen LogP contribution in [-0.2, 0) is 0 Å². The lowest BCUT2D eigenvalue weighted by Crippen LogP contribution is -2.09. The number of nitrogens with two attached hydrogens (primary N) is 1. The average Bonchev–Trinajstić information content (AvgIpc) is 2.03. The molecule has 0 aromatic heterocycles. The Morgan fingerprint density at radius 3 is 2.50 bits per heavy atom. The maximum Gasteiger partial charge on any atom is 0.146 e. The minimum absolute atomic E-state index is 0.808. The van der Waals surface area contributed by atoms with Crippen LogP contribution >= 0.6 is 0 Å². The van der Waals surface area contributed by atoms with Crippen molar-refractivity contribution in [2.24, 2.45) is 5.84 Å². The van der Waals surface area contributed by atoms with Gasteiger partial charge in [-0.25, -0.2) is 0 Å². The normalized spacial score (nSPS) is 9.67. The number of nitrogen functional groups attached to an aromatic ring is 1. The molecular formula is C9H14N2O. The van der Waals surface area contributed by atoms with Crippen LogP contribution in [0.15, 0.2) is 12.1 Å². The van der Waals surface area contributed by atoms with Crippen molar-refractivity contribution < 1.29 is 4.74 Å². The molecule has 0 saturated heterocycles. The molecule has 3 heteroatoms. The van der Waals surface area contributed by atoms with E-state index in [9.17, 15) is 0 Å². The van der Waals surface area contributed by atoms with Crippen LogP contribution < -0.4 is 16.0 Å². The molecule has 0 bridgehead atoms. The standard InChI is InChI=1S/C9H14N2O/c1-6-4-7(2)9(12-3)8(5-6)11-10/h4-5,11H,10H2,1-3H3. The van der Waals surface area contributed by atoms with Crippen LogP contribution in [0.1, 0.15) is 11.1 Å². The Balaban J connectivity index is 3.24. The average molecular weight is 166 g/mol. The predicted octanol–water partition coefficient (Wildman–Crippen LogP) is 1.60. The van der Waals surface area contributed by atoms with Gasteiger partial charge in [-0.3, -0.25) is 5.84 Å². The SMILES string of the molecule is COc1c(C)cc(C)cc1NN. The first kappa shape index (κ1) is 8.87. The van der Waals surface area contributed by atoms with E-state index in [-0.39, 0.29) is 0 Å². The van der Waals surface area contributed by atoms with E-state index >= 15 is 0 Å². The first-order valence-corrected chi connectivity index (χ1v) is 3.81. The van der Waals surface area contributed by atoms with Gasteiger partial charge in [0, 0.05) is 0 Å². The summed E-state index contributed by atoms with van der Waals surface area (Å²) >= 11 is 0. The lowest BCUT2D eigenvalue weighted by Gasteiger charge is -2.11. The highest BCUT2D eigenvalue weighted by atomic mass is 16.5. The molecule has 1 rings (SSSR count). The minimum Gasteiger partial charge on any atom is -0.494 e. The summed E-state index contributed by atoms with van der Waals surface area (Å²) in [6.45, 7) is 4.01. The van der Waals surface area contributed by atoms with E-state index in [2.05, 4.69) is 11.5 Å². The third-order valence-corrected chi connectivity index (χ3v) is 1.78. The molecule has 0 radical (unpaired) electrons. The highest BCUT2D eigenvalue weighted by molar-refractivity contribution is 5.60. The number of aryl methyl sites for hydroxylation is 2. The summed E-state index contributed by atoms with van der Waals surface area (Å²) in [5.41, 5.74) is 5.69. The summed E-state index contributed by atoms with van der Waals surface area (Å²) in [5.74, 6) is 6.14. The Morgan fingerprint density at radius 1 is 1.33 bits per heavy atom. The zero-order chi connectivity index (χ0) is 9.14. The van der Waals surface area contributed by atoms with Gasteiger partial charge in [-0.2, -0.15) is 0 Å². The lowest BCUT2D eigenvalue weighted by molar-refractivity contribution is 0.413. The monoisotopic (exact) mass is 166 g/mol. The van der Waals surface area contributed by atoms with Crippen molar-refractivity contribution in [3.05, 3.63) is 23.3 Å². The van der Waals surface area contributed by atoms with E-state index in [0.29, 0.717) is 0 Å². The number of methoxy groups -OCH3 is 1. The lowest BCUT2D eigenvalue weighted by atomic mass is 10.1. The Kier molecular flexibility index (Phi) is 2.55. The quantitative estimate of drug-likeness (QED) is 0.518. The molecule has 3 N–H and O–H groups in total. The van der Waals surface area contributed by atoms with E-state index in [4.69, 9.17) is 10.6 Å². The molecule has 0 heterocycles. The third kappa shape index (κ3) is 1.51. The van der Waals surface area contributed by atoms with Crippen LogP contribution in [0, 0.1) is 13.8 Å². The molecule has 66 valence electrons. The van der Waals surface area contributed by atoms with Crippen LogP contribution in [0.2, 0.25) is 0 Å². The summed E-state index contributed by atoms with van der Waals surface area (Å²) in [6, 6.07) is 4.01. The van der Waals surface area contributed by atoms with Gasteiger partial charge in [-0.1, -0.05) is 6.07 Å². The molecule has 0 aliphatic rings. The fourth-order valence-corrected chi connectivity index (χ4v) is 1.33. The van der Waals surface area contributed by atoms with Gasteiger partial charge in [-0.15, -0.1) is 0 Å². The van der Waals surface area contributed by atoms with Crippen molar-refractivity contribution >= 4 is 5.69 Å². The number of rotatable bonds is 2. The van der Waals surface area contributed by atoms with Gasteiger partial charge in [0.15, 0.2) is 0 Å². The fourth-order valence-electron chi connectivity index (χ4n) is 1.33. The molecule has 0 aliphatic carbocycles. The predicted molar refractivity (Wildman–Crippen MR) is 50.3 cm³/mol. The van der Waals surface area contributed by atoms with E-state index in [1.807, 2.05) is 19.9 Å². The molecule has 0 fully saturated rings. The van der Waals surface area contributed by atoms with Crippen molar-refractivity contribution in [2.45, 2.75) is 13.8 Å². The molecular weight excluding hydrogens is 152 g/mol. The molecule has 0 spiro atoms. The minimum atomic E-state index is 0.808. The first-order chi connectivity index (χ1) is 5.69. The summed E-state index contributed by atoms with van der Waals surface area (Å²) in [7, 11) is 1.64. The van der Waals surface area contributed by atoms with E-state index < -0.39 is 0 Å². The molecule has 0 aliphatic heterocycles. The first-order valence-electron chi connectivity index (χ1n) is 3.81. The summed E-state index contributed by atoms with van der Waals surface area (Å²) < 4.78 is 5.18. The molecule has 0 atom stereocenters. The molecule has 12 heavy (non-hydrogen) atoms. The van der Waals surface area contributed by atoms with Gasteiger partial charge >= 0.3 is 0 Å². The van der Waals surface area contributed by atoms with E-state index in [1.165, 1.54) is 5.56 Å². The molecule has 3 nitrogen and oxygen atoms in total. The highest BCUT2D eigenvalue weighted by Crippen LogP contribution is 2.28. The number of hydrazine groups is 1. The Bertz CT molecular complexity index is 284. The number of benzene rings is 1. The number of ether oxygens (including phenoxy) is 1. The number of nitrogens with one attached hydrogen (secondary N) is 1. The zero-order valence-corrected chi connectivity index (χ0v) is 7.64. The molecule has 0 saturated carbocycles. The van der Waals surface area contributed by atoms with Crippen molar-refractivity contribution in [3.63, 3.8) is 0 Å². The van der Waals surface area contributed by atoms with Gasteiger partial charge in [0.2, 0.25) is 0 Å². The number of hydrogen-bond acceptors (Lipinski definition) is 3. The van der Waals surface area contributed by atoms with Crippen LogP contribution in [0.5, 0.6) is 5.75 Å². The smallest absolute Gasteiger partial charge is 0.146 e. The Morgan fingerprint density at radius 2 is 2.00 bits per heavy atom. The zero-order valence-electron chi connectivity index (χ0n) is 7.64. The van der Waals surface area contributed by atoms with Crippen molar-refractivity contribution in [1.29, 1.82) is 0 Å². The largest absolute Gasteiger partial charge is 0.494 e. The summed E-state index contributed by atoms with van der Waals surface area (Å²) in [4.78, 5) is 0. The van der Waals surface area contributed by atoms with Crippen LogP contribution in [0.25, 0.3) is 0 Å². The summed E-state index contributed by atoms with van der Waals surface area (Å²) in [5, 5.41) is 0. The van der Waals surface area contributed by atoms with Gasteiger partial charge in [0.05, 0.1) is 12.8 Å². The van der Waals surface area contributed by atoms with Gasteiger partial charge in [-0.05, 0) is 31.0 Å². The Hall–Kier alpha value is -1.22. The third-order valence-electron chi connectivity index (χ3n) is 1.78. The number of hydrogen-bond donors (Lipinski definition) is 2. The second-order valence-corrected chi connectivity index (χ2v) is 2.81. The Labute approximate surface area is 72.5 Å². The second-order valence-electron chi connectivity index (χ2n) is 2.81.